The van der Waals surface area contributed by atoms with E-state index in [1.165, 1.54) is 37.2 Å². The summed E-state index contributed by atoms with van der Waals surface area (Å²) in [5.74, 6) is 0. The van der Waals surface area contributed by atoms with Gasteiger partial charge in [0, 0.05) is 24.3 Å². The van der Waals surface area contributed by atoms with Crippen molar-refractivity contribution in [3.8, 4) is 0 Å². The zero-order valence-electron chi connectivity index (χ0n) is 11.1. The van der Waals surface area contributed by atoms with E-state index in [1.54, 1.807) is 0 Å². The molecule has 3 fully saturated rings. The molecule has 0 aromatic heterocycles. The molecule has 2 nitrogen and oxygen atoms in total. The molecule has 92 valence electrons. The Bertz CT molecular complexity index is 419. The normalized spacial score (nSPS) is 36.3. The zero-order chi connectivity index (χ0) is 12.0. The third kappa shape index (κ3) is 1.58. The highest BCUT2D eigenvalue weighted by atomic mass is 15.4. The number of para-hydroxylation sites is 1. The van der Waals surface area contributed by atoms with E-state index in [9.17, 15) is 0 Å². The lowest BCUT2D eigenvalue weighted by atomic mass is 9.82. The second kappa shape index (κ2) is 3.74. The average Bonchev–Trinajstić information content (AvgIpc) is 2.31. The molecular formula is C15H22N2. The van der Waals surface area contributed by atoms with Crippen LogP contribution < -0.4 is 4.90 Å². The number of hydrogen-bond acceptors (Lipinski definition) is 2. The van der Waals surface area contributed by atoms with Crippen LogP contribution in [0.3, 0.4) is 0 Å². The highest BCUT2D eigenvalue weighted by Gasteiger charge is 2.46. The van der Waals surface area contributed by atoms with Gasteiger partial charge in [-0.05, 0) is 45.2 Å². The minimum absolute atomic E-state index is 0.361. The quantitative estimate of drug-likeness (QED) is 0.731. The Balaban J connectivity index is 2.05. The lowest BCUT2D eigenvalue weighted by molar-refractivity contribution is 0.0486. The van der Waals surface area contributed by atoms with Gasteiger partial charge in [0.25, 0.3) is 0 Å². The van der Waals surface area contributed by atoms with Crippen LogP contribution in [-0.2, 0) is 0 Å². The molecule has 4 rings (SSSR count). The first kappa shape index (κ1) is 11.1. The number of aryl methyl sites for hydroxylation is 1. The number of fused-ring (bicyclic) bond motifs is 3. The van der Waals surface area contributed by atoms with Gasteiger partial charge in [-0.15, -0.1) is 0 Å². The van der Waals surface area contributed by atoms with Crippen molar-refractivity contribution in [2.24, 2.45) is 0 Å². The third-order valence-electron chi connectivity index (χ3n) is 4.73. The SMILES string of the molecule is Cc1ccccc1N1[C@@H](C)N2CCC1(C)CC2. The van der Waals surface area contributed by atoms with Crippen molar-refractivity contribution in [3.05, 3.63) is 29.8 Å². The van der Waals surface area contributed by atoms with Crippen LogP contribution >= 0.6 is 0 Å². The molecule has 1 aromatic carbocycles. The number of benzene rings is 1. The Morgan fingerprint density at radius 1 is 1.18 bits per heavy atom. The Kier molecular flexibility index (Phi) is 2.44. The molecule has 0 spiro atoms. The Morgan fingerprint density at radius 2 is 1.82 bits per heavy atom. The predicted octanol–water partition coefficient (Wildman–Crippen LogP) is 3.02. The van der Waals surface area contributed by atoms with Crippen molar-refractivity contribution in [1.82, 2.24) is 4.90 Å². The average molecular weight is 230 g/mol. The van der Waals surface area contributed by atoms with Gasteiger partial charge in [-0.1, -0.05) is 18.2 Å². The van der Waals surface area contributed by atoms with E-state index in [2.05, 4.69) is 54.8 Å². The number of nitrogens with zero attached hydrogens (tertiary/aromatic N) is 2. The van der Waals surface area contributed by atoms with Crippen LogP contribution in [0.15, 0.2) is 24.3 Å². The van der Waals surface area contributed by atoms with Gasteiger partial charge in [0.15, 0.2) is 0 Å². The van der Waals surface area contributed by atoms with Crippen molar-refractivity contribution in [2.75, 3.05) is 18.0 Å². The molecule has 1 aromatic rings. The van der Waals surface area contributed by atoms with Crippen LogP contribution in [-0.4, -0.2) is 29.7 Å². The summed E-state index contributed by atoms with van der Waals surface area (Å²) in [7, 11) is 0. The molecule has 2 heteroatoms. The molecule has 0 saturated carbocycles. The predicted molar refractivity (Wildman–Crippen MR) is 72.3 cm³/mol. The van der Waals surface area contributed by atoms with E-state index in [1.807, 2.05) is 0 Å². The van der Waals surface area contributed by atoms with Crippen molar-refractivity contribution in [2.45, 2.75) is 45.3 Å². The minimum atomic E-state index is 0.361. The van der Waals surface area contributed by atoms with Crippen LogP contribution in [0.5, 0.6) is 0 Å². The molecule has 17 heavy (non-hydrogen) atoms. The summed E-state index contributed by atoms with van der Waals surface area (Å²) in [5.41, 5.74) is 3.18. The fourth-order valence-electron chi connectivity index (χ4n) is 3.56. The van der Waals surface area contributed by atoms with Crippen LogP contribution in [0, 0.1) is 6.92 Å². The lowest BCUT2D eigenvalue weighted by Crippen LogP contribution is -2.68. The van der Waals surface area contributed by atoms with E-state index in [4.69, 9.17) is 0 Å². The van der Waals surface area contributed by atoms with Crippen molar-refractivity contribution >= 4 is 5.69 Å². The Morgan fingerprint density at radius 3 is 2.41 bits per heavy atom. The first-order chi connectivity index (χ1) is 8.12. The number of hydrogen-bond donors (Lipinski definition) is 0. The maximum Gasteiger partial charge on any atom is 0.0798 e. The summed E-state index contributed by atoms with van der Waals surface area (Å²) in [6.45, 7) is 9.54. The molecule has 2 bridgehead atoms. The van der Waals surface area contributed by atoms with Crippen molar-refractivity contribution in [3.63, 3.8) is 0 Å². The highest BCUT2D eigenvalue weighted by molar-refractivity contribution is 5.56. The van der Waals surface area contributed by atoms with E-state index in [0.29, 0.717) is 11.7 Å². The van der Waals surface area contributed by atoms with Crippen LogP contribution in [0.4, 0.5) is 5.69 Å². The first-order valence-corrected chi connectivity index (χ1v) is 6.71. The van der Waals surface area contributed by atoms with Crippen molar-refractivity contribution < 1.29 is 0 Å². The van der Waals surface area contributed by atoms with E-state index >= 15 is 0 Å². The third-order valence-corrected chi connectivity index (χ3v) is 4.73. The van der Waals surface area contributed by atoms with E-state index < -0.39 is 0 Å². The van der Waals surface area contributed by atoms with Crippen molar-refractivity contribution in [1.29, 1.82) is 0 Å². The first-order valence-electron chi connectivity index (χ1n) is 6.71. The van der Waals surface area contributed by atoms with E-state index in [0.717, 1.165) is 0 Å². The molecule has 0 aliphatic carbocycles. The van der Waals surface area contributed by atoms with Gasteiger partial charge in [0.1, 0.15) is 0 Å². The highest BCUT2D eigenvalue weighted by Crippen LogP contribution is 2.41. The number of anilines is 1. The fraction of sp³-hybridized carbons (Fsp3) is 0.600. The summed E-state index contributed by atoms with van der Waals surface area (Å²) in [6.07, 6.45) is 3.14. The summed E-state index contributed by atoms with van der Waals surface area (Å²) >= 11 is 0. The maximum atomic E-state index is 2.65. The molecule has 0 amide bonds. The summed E-state index contributed by atoms with van der Waals surface area (Å²) in [5, 5.41) is 0. The molecule has 3 aliphatic rings. The molecular weight excluding hydrogens is 208 g/mol. The molecule has 0 unspecified atom stereocenters. The van der Waals surface area contributed by atoms with Gasteiger partial charge < -0.3 is 4.90 Å². The van der Waals surface area contributed by atoms with Crippen LogP contribution in [0.1, 0.15) is 32.3 Å². The minimum Gasteiger partial charge on any atom is -0.350 e. The van der Waals surface area contributed by atoms with Gasteiger partial charge >= 0.3 is 0 Å². The second-order valence-electron chi connectivity index (χ2n) is 5.82. The van der Waals surface area contributed by atoms with Gasteiger partial charge in [0.05, 0.1) is 6.17 Å². The summed E-state index contributed by atoms with van der Waals surface area (Å²) in [6, 6.07) is 8.80. The maximum absolute atomic E-state index is 2.65. The topological polar surface area (TPSA) is 6.48 Å². The van der Waals surface area contributed by atoms with Gasteiger partial charge in [-0.2, -0.15) is 0 Å². The fourth-order valence-corrected chi connectivity index (χ4v) is 3.56. The van der Waals surface area contributed by atoms with Crippen LogP contribution in [0.2, 0.25) is 0 Å². The van der Waals surface area contributed by atoms with Gasteiger partial charge in [0.2, 0.25) is 0 Å². The second-order valence-corrected chi connectivity index (χ2v) is 5.82. The summed E-state index contributed by atoms with van der Waals surface area (Å²) < 4.78 is 0. The molecule has 3 saturated heterocycles. The Labute approximate surface area is 104 Å². The van der Waals surface area contributed by atoms with Crippen LogP contribution in [0.25, 0.3) is 0 Å². The molecule has 3 heterocycles. The van der Waals surface area contributed by atoms with Gasteiger partial charge in [-0.3, -0.25) is 4.90 Å². The number of piperidine rings is 1. The number of rotatable bonds is 1. The van der Waals surface area contributed by atoms with Gasteiger partial charge in [-0.25, -0.2) is 0 Å². The Hall–Kier alpha value is -1.02. The zero-order valence-corrected chi connectivity index (χ0v) is 11.1. The summed E-state index contributed by atoms with van der Waals surface area (Å²) in [4.78, 5) is 5.26. The molecule has 0 N–H and O–H groups in total. The molecule has 3 aliphatic heterocycles. The molecule has 0 radical (unpaired) electrons. The lowest BCUT2D eigenvalue weighted by Gasteiger charge is -2.60. The largest absolute Gasteiger partial charge is 0.350 e. The molecule has 1 atom stereocenters. The standard InChI is InChI=1S/C15H22N2/c1-12-6-4-5-7-14(12)17-13(2)16-10-8-15(17,3)9-11-16/h4-7,13H,8-11H2,1-3H3/t13-/m0/s1. The smallest absolute Gasteiger partial charge is 0.0798 e. The monoisotopic (exact) mass is 230 g/mol. The van der Waals surface area contributed by atoms with E-state index in [-0.39, 0.29) is 0 Å².